The van der Waals surface area contributed by atoms with Gasteiger partial charge in [0.05, 0.1) is 11.0 Å². The lowest BCUT2D eigenvalue weighted by molar-refractivity contribution is 0.231. The van der Waals surface area contributed by atoms with Crippen LogP contribution >= 0.6 is 15.9 Å². The molecule has 1 heterocycles. The van der Waals surface area contributed by atoms with Crippen LogP contribution in [0.25, 0.3) is 11.0 Å². The monoisotopic (exact) mass is 321 g/mol. The molecule has 0 unspecified atom stereocenters. The second kappa shape index (κ2) is 4.91. The van der Waals surface area contributed by atoms with Gasteiger partial charge in [-0.3, -0.25) is 0 Å². The summed E-state index contributed by atoms with van der Waals surface area (Å²) in [7, 11) is 0. The molecule has 3 nitrogen and oxygen atoms in total. The molecule has 0 amide bonds. The molecule has 1 saturated carbocycles. The van der Waals surface area contributed by atoms with Gasteiger partial charge in [-0.05, 0) is 37.5 Å². The van der Waals surface area contributed by atoms with Crippen molar-refractivity contribution in [3.05, 3.63) is 28.5 Å². The number of fused-ring (bicyclic) bond motifs is 1. The zero-order valence-corrected chi connectivity index (χ0v) is 12.9. The van der Waals surface area contributed by atoms with Crippen LogP contribution in [0.15, 0.2) is 22.7 Å². The standard InChI is InChI=1S/C15H20BrN3/c1-2-8-19-13-5-4-11(16)9-12(13)18-14(19)15(10-17)6-3-7-15/h4-5,9H,2-3,6-8,10,17H2,1H3. The maximum atomic E-state index is 6.06. The fourth-order valence-electron chi connectivity index (χ4n) is 3.08. The van der Waals surface area contributed by atoms with Gasteiger partial charge in [0, 0.05) is 23.0 Å². The molecule has 4 heteroatoms. The summed E-state index contributed by atoms with van der Waals surface area (Å²) in [6.07, 6.45) is 4.75. The highest BCUT2D eigenvalue weighted by Crippen LogP contribution is 2.43. The molecule has 0 saturated heterocycles. The first-order valence-electron chi connectivity index (χ1n) is 7.06. The SMILES string of the molecule is CCCn1c(C2(CN)CCC2)nc2cc(Br)ccc21. The summed E-state index contributed by atoms with van der Waals surface area (Å²) in [6, 6.07) is 6.36. The van der Waals surface area contributed by atoms with Crippen molar-refractivity contribution in [1.29, 1.82) is 0 Å². The Kier molecular flexibility index (Phi) is 3.39. The molecule has 102 valence electrons. The fourth-order valence-corrected chi connectivity index (χ4v) is 3.43. The number of hydrogen-bond acceptors (Lipinski definition) is 2. The third-order valence-corrected chi connectivity index (χ3v) is 4.83. The lowest BCUT2D eigenvalue weighted by Crippen LogP contribution is -2.43. The smallest absolute Gasteiger partial charge is 0.117 e. The minimum absolute atomic E-state index is 0.126. The molecule has 0 bridgehead atoms. The second-order valence-electron chi connectivity index (χ2n) is 5.56. The molecule has 0 radical (unpaired) electrons. The number of aryl methyl sites for hydroxylation is 1. The molecule has 1 fully saturated rings. The van der Waals surface area contributed by atoms with E-state index >= 15 is 0 Å². The van der Waals surface area contributed by atoms with Crippen molar-refractivity contribution in [2.75, 3.05) is 6.54 Å². The van der Waals surface area contributed by atoms with Gasteiger partial charge in [0.25, 0.3) is 0 Å². The Bertz CT molecular complexity index is 593. The van der Waals surface area contributed by atoms with Crippen LogP contribution in [0.2, 0.25) is 0 Å². The highest BCUT2D eigenvalue weighted by atomic mass is 79.9. The number of rotatable bonds is 4. The van der Waals surface area contributed by atoms with Gasteiger partial charge in [0.1, 0.15) is 5.82 Å². The minimum atomic E-state index is 0.126. The molecule has 19 heavy (non-hydrogen) atoms. The molecule has 1 aromatic heterocycles. The maximum Gasteiger partial charge on any atom is 0.117 e. The molecular formula is C15H20BrN3. The summed E-state index contributed by atoms with van der Waals surface area (Å²) in [4.78, 5) is 4.91. The molecular weight excluding hydrogens is 302 g/mol. The Balaban J connectivity index is 2.19. The van der Waals surface area contributed by atoms with Crippen molar-refractivity contribution in [2.24, 2.45) is 5.73 Å². The molecule has 1 aliphatic rings. The first-order valence-corrected chi connectivity index (χ1v) is 7.86. The Labute approximate surface area is 122 Å². The van der Waals surface area contributed by atoms with Crippen LogP contribution in [0.3, 0.4) is 0 Å². The molecule has 0 aliphatic heterocycles. The second-order valence-corrected chi connectivity index (χ2v) is 6.47. The molecule has 2 N–H and O–H groups in total. The largest absolute Gasteiger partial charge is 0.329 e. The van der Waals surface area contributed by atoms with Crippen LogP contribution in [-0.2, 0) is 12.0 Å². The predicted octanol–water partition coefficient (Wildman–Crippen LogP) is 3.59. The van der Waals surface area contributed by atoms with Crippen LogP contribution in [0.4, 0.5) is 0 Å². The zero-order chi connectivity index (χ0) is 13.5. The number of nitrogens with zero attached hydrogens (tertiary/aromatic N) is 2. The van der Waals surface area contributed by atoms with Gasteiger partial charge in [-0.25, -0.2) is 4.98 Å². The van der Waals surface area contributed by atoms with Gasteiger partial charge in [-0.15, -0.1) is 0 Å². The van der Waals surface area contributed by atoms with Crippen LogP contribution in [-0.4, -0.2) is 16.1 Å². The summed E-state index contributed by atoms with van der Waals surface area (Å²) >= 11 is 3.53. The summed E-state index contributed by atoms with van der Waals surface area (Å²) in [5.74, 6) is 1.20. The average Bonchev–Trinajstić information content (AvgIpc) is 2.68. The highest BCUT2D eigenvalue weighted by Gasteiger charge is 2.41. The van der Waals surface area contributed by atoms with Crippen molar-refractivity contribution >= 4 is 27.0 Å². The Morgan fingerprint density at radius 3 is 2.79 bits per heavy atom. The van der Waals surface area contributed by atoms with Crippen molar-refractivity contribution in [3.63, 3.8) is 0 Å². The maximum absolute atomic E-state index is 6.06. The normalized spacial score (nSPS) is 17.6. The molecule has 1 aliphatic carbocycles. The minimum Gasteiger partial charge on any atom is -0.329 e. The summed E-state index contributed by atoms with van der Waals surface area (Å²) < 4.78 is 3.47. The third kappa shape index (κ3) is 2.01. The van der Waals surface area contributed by atoms with Gasteiger partial charge in [0.2, 0.25) is 0 Å². The van der Waals surface area contributed by atoms with E-state index in [0.29, 0.717) is 6.54 Å². The van der Waals surface area contributed by atoms with Gasteiger partial charge < -0.3 is 10.3 Å². The number of hydrogen-bond donors (Lipinski definition) is 1. The van der Waals surface area contributed by atoms with E-state index in [9.17, 15) is 0 Å². The van der Waals surface area contributed by atoms with E-state index in [-0.39, 0.29) is 5.41 Å². The average molecular weight is 322 g/mol. The Morgan fingerprint density at radius 2 is 2.21 bits per heavy atom. The van der Waals surface area contributed by atoms with E-state index in [1.165, 1.54) is 30.6 Å². The van der Waals surface area contributed by atoms with Gasteiger partial charge in [-0.1, -0.05) is 29.3 Å². The lowest BCUT2D eigenvalue weighted by Gasteiger charge is -2.40. The first-order chi connectivity index (χ1) is 9.20. The van der Waals surface area contributed by atoms with E-state index in [4.69, 9.17) is 10.7 Å². The van der Waals surface area contributed by atoms with Gasteiger partial charge in [0.15, 0.2) is 0 Å². The van der Waals surface area contributed by atoms with Gasteiger partial charge >= 0.3 is 0 Å². The summed E-state index contributed by atoms with van der Waals surface area (Å²) in [5.41, 5.74) is 8.50. The highest BCUT2D eigenvalue weighted by molar-refractivity contribution is 9.10. The third-order valence-electron chi connectivity index (χ3n) is 4.33. The Morgan fingerprint density at radius 1 is 1.42 bits per heavy atom. The molecule has 3 rings (SSSR count). The lowest BCUT2D eigenvalue weighted by atomic mass is 9.68. The van der Waals surface area contributed by atoms with Crippen molar-refractivity contribution in [1.82, 2.24) is 9.55 Å². The van der Waals surface area contributed by atoms with Crippen molar-refractivity contribution in [3.8, 4) is 0 Å². The number of benzene rings is 1. The number of aromatic nitrogens is 2. The zero-order valence-electron chi connectivity index (χ0n) is 11.3. The van der Waals surface area contributed by atoms with Crippen LogP contribution < -0.4 is 5.73 Å². The van der Waals surface area contributed by atoms with E-state index in [1.807, 2.05) is 0 Å². The molecule has 1 aromatic carbocycles. The number of nitrogens with two attached hydrogens (primary N) is 1. The summed E-state index contributed by atoms with van der Waals surface area (Å²) in [5, 5.41) is 0. The van der Waals surface area contributed by atoms with Crippen LogP contribution in [0.5, 0.6) is 0 Å². The number of halogens is 1. The predicted molar refractivity (Wildman–Crippen MR) is 82.3 cm³/mol. The van der Waals surface area contributed by atoms with E-state index in [1.54, 1.807) is 0 Å². The summed E-state index contributed by atoms with van der Waals surface area (Å²) in [6.45, 7) is 3.95. The molecule has 2 aromatic rings. The Hall–Kier alpha value is -0.870. The topological polar surface area (TPSA) is 43.8 Å². The quantitative estimate of drug-likeness (QED) is 0.935. The first kappa shape index (κ1) is 13.1. The van der Waals surface area contributed by atoms with E-state index in [2.05, 4.69) is 45.6 Å². The van der Waals surface area contributed by atoms with Crippen LogP contribution in [0.1, 0.15) is 38.4 Å². The van der Waals surface area contributed by atoms with E-state index < -0.39 is 0 Å². The fraction of sp³-hybridized carbons (Fsp3) is 0.533. The van der Waals surface area contributed by atoms with Crippen molar-refractivity contribution < 1.29 is 0 Å². The van der Waals surface area contributed by atoms with Crippen molar-refractivity contribution in [2.45, 2.75) is 44.6 Å². The molecule has 0 atom stereocenters. The van der Waals surface area contributed by atoms with E-state index in [0.717, 1.165) is 23.0 Å². The number of imidazole rings is 1. The van der Waals surface area contributed by atoms with Gasteiger partial charge in [-0.2, -0.15) is 0 Å². The molecule has 0 spiro atoms. The van der Waals surface area contributed by atoms with Crippen LogP contribution in [0, 0.1) is 0 Å².